The molecule has 0 aliphatic carbocycles. The molecule has 2 aromatic rings. The summed E-state index contributed by atoms with van der Waals surface area (Å²) in [5, 5.41) is 4.20. The molecule has 1 N–H and O–H groups in total. The molecule has 0 unspecified atom stereocenters. The number of aryl methyl sites for hydroxylation is 1. The van der Waals surface area contributed by atoms with Crippen LogP contribution in [0.2, 0.25) is 0 Å². The quantitative estimate of drug-likeness (QED) is 0.764. The largest absolute Gasteiger partial charge is 0.463 e. The van der Waals surface area contributed by atoms with Gasteiger partial charge in [-0.15, -0.1) is 0 Å². The van der Waals surface area contributed by atoms with Crippen LogP contribution in [0.15, 0.2) is 39.7 Å². The van der Waals surface area contributed by atoms with Gasteiger partial charge in [0, 0.05) is 19.2 Å². The van der Waals surface area contributed by atoms with Gasteiger partial charge in [0.25, 0.3) is 5.56 Å². The molecule has 0 saturated carbocycles. The van der Waals surface area contributed by atoms with E-state index in [2.05, 4.69) is 9.82 Å². The van der Waals surface area contributed by atoms with Crippen LogP contribution >= 0.6 is 0 Å². The molecule has 114 valence electrons. The van der Waals surface area contributed by atoms with Crippen LogP contribution in [0.3, 0.4) is 0 Å². The lowest BCUT2D eigenvalue weighted by Crippen LogP contribution is -2.29. The molecule has 0 radical (unpaired) electrons. The summed E-state index contributed by atoms with van der Waals surface area (Å²) in [7, 11) is -3.20. The highest BCUT2D eigenvalue weighted by Gasteiger charge is 2.07. The highest BCUT2D eigenvalue weighted by atomic mass is 32.2. The predicted octanol–water partition coefficient (Wildman–Crippen LogP) is 0.833. The zero-order valence-corrected chi connectivity index (χ0v) is 12.5. The van der Waals surface area contributed by atoms with Gasteiger partial charge in [-0.05, 0) is 31.5 Å². The second-order valence-corrected chi connectivity index (χ2v) is 6.50. The molecule has 0 aromatic carbocycles. The molecule has 0 bridgehead atoms. The number of furan rings is 1. The minimum Gasteiger partial charge on any atom is -0.463 e. The SMILES string of the molecule is CCS(=O)(=O)NCCCn1nc(-c2ccco2)ccc1=O. The Balaban J connectivity index is 2.00. The summed E-state index contributed by atoms with van der Waals surface area (Å²) in [6.45, 7) is 2.18. The normalized spacial score (nSPS) is 11.7. The zero-order chi connectivity index (χ0) is 15.3. The van der Waals surface area contributed by atoms with E-state index in [4.69, 9.17) is 4.42 Å². The molecule has 0 saturated heterocycles. The van der Waals surface area contributed by atoms with Crippen molar-refractivity contribution in [3.05, 3.63) is 40.9 Å². The monoisotopic (exact) mass is 311 g/mol. The maximum atomic E-state index is 11.7. The van der Waals surface area contributed by atoms with Crippen LogP contribution in [0.1, 0.15) is 13.3 Å². The number of rotatable bonds is 7. The molecule has 0 spiro atoms. The topological polar surface area (TPSA) is 94.2 Å². The van der Waals surface area contributed by atoms with Crippen molar-refractivity contribution < 1.29 is 12.8 Å². The van der Waals surface area contributed by atoms with Crippen LogP contribution < -0.4 is 10.3 Å². The smallest absolute Gasteiger partial charge is 0.266 e. The van der Waals surface area contributed by atoms with Crippen LogP contribution in [0.25, 0.3) is 11.5 Å². The number of nitrogens with zero attached hydrogens (tertiary/aromatic N) is 2. The molecule has 2 aromatic heterocycles. The third-order valence-corrected chi connectivity index (χ3v) is 4.29. The molecular formula is C13H17N3O4S. The van der Waals surface area contributed by atoms with E-state index < -0.39 is 10.0 Å². The van der Waals surface area contributed by atoms with E-state index in [0.29, 0.717) is 24.4 Å². The van der Waals surface area contributed by atoms with E-state index in [9.17, 15) is 13.2 Å². The van der Waals surface area contributed by atoms with Gasteiger partial charge in [-0.25, -0.2) is 17.8 Å². The van der Waals surface area contributed by atoms with Crippen LogP contribution in [0.5, 0.6) is 0 Å². The fourth-order valence-corrected chi connectivity index (χ4v) is 2.38. The number of sulfonamides is 1. The van der Waals surface area contributed by atoms with Crippen molar-refractivity contribution in [2.75, 3.05) is 12.3 Å². The van der Waals surface area contributed by atoms with Gasteiger partial charge in [-0.1, -0.05) is 0 Å². The van der Waals surface area contributed by atoms with Crippen LogP contribution in [-0.2, 0) is 16.6 Å². The van der Waals surface area contributed by atoms with E-state index in [1.165, 1.54) is 17.0 Å². The summed E-state index contributed by atoms with van der Waals surface area (Å²) in [6, 6.07) is 6.51. The molecule has 0 atom stereocenters. The predicted molar refractivity (Wildman–Crippen MR) is 78.3 cm³/mol. The van der Waals surface area contributed by atoms with Crippen LogP contribution in [-0.4, -0.2) is 30.5 Å². The van der Waals surface area contributed by atoms with Gasteiger partial charge in [-0.3, -0.25) is 4.79 Å². The van der Waals surface area contributed by atoms with Gasteiger partial charge < -0.3 is 4.42 Å². The number of nitrogens with one attached hydrogen (secondary N) is 1. The molecule has 0 amide bonds. The second-order valence-electron chi connectivity index (χ2n) is 4.41. The van der Waals surface area contributed by atoms with Crippen LogP contribution in [0.4, 0.5) is 0 Å². The Hall–Kier alpha value is -1.93. The summed E-state index contributed by atoms with van der Waals surface area (Å²) < 4.78 is 31.5. The summed E-state index contributed by atoms with van der Waals surface area (Å²) in [6.07, 6.45) is 2.01. The molecule has 8 heteroatoms. The van der Waals surface area contributed by atoms with E-state index in [1.807, 2.05) is 0 Å². The first-order chi connectivity index (χ1) is 10.0. The fourth-order valence-electron chi connectivity index (χ4n) is 1.72. The maximum Gasteiger partial charge on any atom is 0.266 e. The van der Waals surface area contributed by atoms with Gasteiger partial charge in [0.2, 0.25) is 10.0 Å². The minimum absolute atomic E-state index is 0.0409. The molecular weight excluding hydrogens is 294 g/mol. The molecule has 7 nitrogen and oxygen atoms in total. The minimum atomic E-state index is -3.20. The summed E-state index contributed by atoms with van der Waals surface area (Å²) in [4.78, 5) is 11.7. The van der Waals surface area contributed by atoms with Gasteiger partial charge in [0.1, 0.15) is 5.69 Å². The average Bonchev–Trinajstić information content (AvgIpc) is 2.99. The maximum absolute atomic E-state index is 11.7. The van der Waals surface area contributed by atoms with Gasteiger partial charge in [-0.2, -0.15) is 5.10 Å². The first-order valence-corrected chi connectivity index (χ1v) is 8.26. The Labute approximate surface area is 122 Å². The van der Waals surface area contributed by atoms with Crippen molar-refractivity contribution in [1.29, 1.82) is 0 Å². The van der Waals surface area contributed by atoms with Crippen molar-refractivity contribution >= 4 is 10.0 Å². The number of hydrogen-bond acceptors (Lipinski definition) is 5. The Morgan fingerprint density at radius 1 is 1.33 bits per heavy atom. The zero-order valence-electron chi connectivity index (χ0n) is 11.7. The highest BCUT2D eigenvalue weighted by Crippen LogP contribution is 2.14. The number of aromatic nitrogens is 2. The lowest BCUT2D eigenvalue weighted by atomic mass is 10.3. The van der Waals surface area contributed by atoms with Crippen molar-refractivity contribution in [2.24, 2.45) is 0 Å². The van der Waals surface area contributed by atoms with Crippen molar-refractivity contribution in [1.82, 2.24) is 14.5 Å². The Morgan fingerprint density at radius 2 is 2.14 bits per heavy atom. The highest BCUT2D eigenvalue weighted by molar-refractivity contribution is 7.89. The van der Waals surface area contributed by atoms with E-state index in [1.54, 1.807) is 25.1 Å². The van der Waals surface area contributed by atoms with Crippen molar-refractivity contribution in [3.63, 3.8) is 0 Å². The second kappa shape index (κ2) is 6.68. The van der Waals surface area contributed by atoms with E-state index in [0.717, 1.165) is 0 Å². The molecule has 0 aliphatic heterocycles. The summed E-state index contributed by atoms with van der Waals surface area (Å²) in [5.74, 6) is 0.620. The third-order valence-electron chi connectivity index (χ3n) is 2.89. The fraction of sp³-hybridized carbons (Fsp3) is 0.385. The summed E-state index contributed by atoms with van der Waals surface area (Å²) in [5.41, 5.74) is 0.331. The van der Waals surface area contributed by atoms with Crippen LogP contribution in [0, 0.1) is 0 Å². The van der Waals surface area contributed by atoms with Gasteiger partial charge >= 0.3 is 0 Å². The molecule has 2 rings (SSSR count). The average molecular weight is 311 g/mol. The Kier molecular flexibility index (Phi) is 4.92. The lowest BCUT2D eigenvalue weighted by Gasteiger charge is -2.07. The molecule has 2 heterocycles. The van der Waals surface area contributed by atoms with Crippen molar-refractivity contribution in [3.8, 4) is 11.5 Å². The third kappa shape index (κ3) is 4.27. The van der Waals surface area contributed by atoms with E-state index in [-0.39, 0.29) is 17.9 Å². The first-order valence-electron chi connectivity index (χ1n) is 6.61. The lowest BCUT2D eigenvalue weighted by molar-refractivity contribution is 0.529. The molecule has 0 fully saturated rings. The Bertz CT molecular complexity index is 735. The van der Waals surface area contributed by atoms with Gasteiger partial charge in [0.05, 0.1) is 12.0 Å². The summed E-state index contributed by atoms with van der Waals surface area (Å²) >= 11 is 0. The van der Waals surface area contributed by atoms with E-state index >= 15 is 0 Å². The molecule has 0 aliphatic rings. The first kappa shape index (κ1) is 15.5. The standard InChI is InChI=1S/C13H17N3O4S/c1-2-21(18,19)14-8-4-9-16-13(17)7-6-11(15-16)12-5-3-10-20-12/h3,5-7,10,14H,2,4,8-9H2,1H3. The van der Waals surface area contributed by atoms with Gasteiger partial charge in [0.15, 0.2) is 5.76 Å². The molecule has 21 heavy (non-hydrogen) atoms. The van der Waals surface area contributed by atoms with Crippen molar-refractivity contribution in [2.45, 2.75) is 19.9 Å². The number of hydrogen-bond donors (Lipinski definition) is 1. The Morgan fingerprint density at radius 3 is 2.81 bits per heavy atom.